The second-order valence-electron chi connectivity index (χ2n) is 4.36. The van der Waals surface area contributed by atoms with Gasteiger partial charge in [-0.2, -0.15) is 0 Å². The maximum absolute atomic E-state index is 7.12. The van der Waals surface area contributed by atoms with E-state index in [-0.39, 0.29) is 0 Å². The van der Waals surface area contributed by atoms with Crippen molar-refractivity contribution in [2.24, 2.45) is 0 Å². The van der Waals surface area contributed by atoms with Crippen LogP contribution in [0.4, 0.5) is 0 Å². The summed E-state index contributed by atoms with van der Waals surface area (Å²) in [6.07, 6.45) is 5.08. The zero-order valence-corrected chi connectivity index (χ0v) is 8.40. The van der Waals surface area contributed by atoms with E-state index in [1.165, 1.54) is 25.8 Å². The molecule has 1 radical (unpaired) electrons. The Morgan fingerprint density at radius 1 is 1.33 bits per heavy atom. The lowest BCUT2D eigenvalue weighted by Gasteiger charge is -2.42. The Morgan fingerprint density at radius 3 is 2.67 bits per heavy atom. The molecule has 0 aromatic carbocycles. The standard InChI is InChI=1S/C10H21N2/c1-10(2)6-3-4-8-12(10)9-5-7-11/h11H,3-9H2,1-2H3. The second kappa shape index (κ2) is 4.24. The first kappa shape index (κ1) is 10.0. The van der Waals surface area contributed by atoms with Crippen molar-refractivity contribution < 1.29 is 0 Å². The molecule has 1 fully saturated rings. The summed E-state index contributed by atoms with van der Waals surface area (Å²) < 4.78 is 0. The number of hydrogen-bond acceptors (Lipinski definition) is 1. The first-order chi connectivity index (χ1) is 5.67. The predicted molar refractivity (Wildman–Crippen MR) is 52.1 cm³/mol. The number of piperidine rings is 1. The van der Waals surface area contributed by atoms with E-state index in [4.69, 9.17) is 5.73 Å². The van der Waals surface area contributed by atoms with Crippen LogP contribution in [0.15, 0.2) is 0 Å². The molecule has 0 aromatic heterocycles. The van der Waals surface area contributed by atoms with Crippen molar-refractivity contribution in [2.75, 3.05) is 19.6 Å². The largest absolute Gasteiger partial charge is 0.298 e. The molecule has 1 heterocycles. The molecule has 1 saturated heterocycles. The van der Waals surface area contributed by atoms with Crippen molar-refractivity contribution >= 4 is 0 Å². The van der Waals surface area contributed by atoms with E-state index < -0.39 is 0 Å². The molecule has 12 heavy (non-hydrogen) atoms. The number of hydrogen-bond donors (Lipinski definition) is 0. The average molecular weight is 169 g/mol. The third-order valence-corrected chi connectivity index (χ3v) is 2.93. The third-order valence-electron chi connectivity index (χ3n) is 2.93. The molecule has 1 rings (SSSR count). The molecule has 0 aliphatic carbocycles. The summed E-state index contributed by atoms with van der Waals surface area (Å²) in [7, 11) is 0. The van der Waals surface area contributed by atoms with Gasteiger partial charge in [-0.15, -0.1) is 0 Å². The molecule has 0 aromatic rings. The van der Waals surface area contributed by atoms with E-state index in [1.54, 1.807) is 0 Å². The average Bonchev–Trinajstić information content (AvgIpc) is 2.02. The van der Waals surface area contributed by atoms with E-state index in [0.29, 0.717) is 12.1 Å². The Morgan fingerprint density at radius 2 is 2.08 bits per heavy atom. The first-order valence-electron chi connectivity index (χ1n) is 5.06. The van der Waals surface area contributed by atoms with E-state index >= 15 is 0 Å². The summed E-state index contributed by atoms with van der Waals surface area (Å²) in [5.41, 5.74) is 7.52. The Bertz CT molecular complexity index is 132. The minimum Gasteiger partial charge on any atom is -0.298 e. The Labute approximate surface area is 76.1 Å². The number of rotatable bonds is 3. The zero-order chi connectivity index (χ0) is 9.03. The number of nitrogens with one attached hydrogen (secondary N) is 1. The topological polar surface area (TPSA) is 27.0 Å². The SMILES string of the molecule is CC1(C)CCCCN1CCC[NH]. The summed E-state index contributed by atoms with van der Waals surface area (Å²) >= 11 is 0. The van der Waals surface area contributed by atoms with E-state index in [9.17, 15) is 0 Å². The monoisotopic (exact) mass is 169 g/mol. The van der Waals surface area contributed by atoms with Crippen molar-refractivity contribution in [1.29, 1.82) is 0 Å². The summed E-state index contributed by atoms with van der Waals surface area (Å²) in [6.45, 7) is 7.60. The van der Waals surface area contributed by atoms with Gasteiger partial charge in [0.25, 0.3) is 0 Å². The quantitative estimate of drug-likeness (QED) is 0.634. The van der Waals surface area contributed by atoms with Gasteiger partial charge in [0, 0.05) is 12.1 Å². The van der Waals surface area contributed by atoms with Crippen LogP contribution in [-0.2, 0) is 0 Å². The molecule has 1 aliphatic heterocycles. The molecule has 1 N–H and O–H groups in total. The predicted octanol–water partition coefficient (Wildman–Crippen LogP) is 1.92. The highest BCUT2D eigenvalue weighted by molar-refractivity contribution is 4.85. The first-order valence-corrected chi connectivity index (χ1v) is 5.06. The lowest BCUT2D eigenvalue weighted by atomic mass is 9.90. The van der Waals surface area contributed by atoms with Crippen LogP contribution < -0.4 is 5.73 Å². The van der Waals surface area contributed by atoms with Gasteiger partial charge in [-0.3, -0.25) is 10.6 Å². The third kappa shape index (κ3) is 2.46. The minimum absolute atomic E-state index is 0.396. The fourth-order valence-electron chi connectivity index (χ4n) is 2.01. The van der Waals surface area contributed by atoms with Gasteiger partial charge in [0.1, 0.15) is 0 Å². The summed E-state index contributed by atoms with van der Waals surface area (Å²) in [4.78, 5) is 2.55. The van der Waals surface area contributed by atoms with Gasteiger partial charge in [-0.1, -0.05) is 6.42 Å². The molecule has 2 heteroatoms. The van der Waals surface area contributed by atoms with E-state index in [1.807, 2.05) is 0 Å². The lowest BCUT2D eigenvalue weighted by molar-refractivity contribution is 0.0765. The van der Waals surface area contributed by atoms with Gasteiger partial charge in [0.2, 0.25) is 0 Å². The van der Waals surface area contributed by atoms with Crippen molar-refractivity contribution in [3.8, 4) is 0 Å². The molecule has 71 valence electrons. The van der Waals surface area contributed by atoms with Crippen LogP contribution in [0, 0.1) is 0 Å². The molecule has 0 unspecified atom stereocenters. The summed E-state index contributed by atoms with van der Waals surface area (Å²) in [5.74, 6) is 0. The molecular weight excluding hydrogens is 148 g/mol. The smallest absolute Gasteiger partial charge is 0.0153 e. The van der Waals surface area contributed by atoms with Gasteiger partial charge in [-0.25, -0.2) is 0 Å². The van der Waals surface area contributed by atoms with Crippen LogP contribution in [0.1, 0.15) is 39.5 Å². The van der Waals surface area contributed by atoms with Crippen molar-refractivity contribution in [1.82, 2.24) is 10.6 Å². The molecule has 2 nitrogen and oxygen atoms in total. The van der Waals surface area contributed by atoms with Crippen LogP contribution >= 0.6 is 0 Å². The van der Waals surface area contributed by atoms with Crippen LogP contribution in [-0.4, -0.2) is 30.1 Å². The van der Waals surface area contributed by atoms with Crippen LogP contribution in [0.2, 0.25) is 0 Å². The van der Waals surface area contributed by atoms with Gasteiger partial charge in [-0.05, 0) is 46.2 Å². The zero-order valence-electron chi connectivity index (χ0n) is 8.40. The van der Waals surface area contributed by atoms with Crippen LogP contribution in [0.5, 0.6) is 0 Å². The van der Waals surface area contributed by atoms with Gasteiger partial charge >= 0.3 is 0 Å². The highest BCUT2D eigenvalue weighted by atomic mass is 15.2. The van der Waals surface area contributed by atoms with Gasteiger partial charge < -0.3 is 0 Å². The van der Waals surface area contributed by atoms with Crippen LogP contribution in [0.25, 0.3) is 0 Å². The molecule has 0 spiro atoms. The highest BCUT2D eigenvalue weighted by Gasteiger charge is 2.28. The van der Waals surface area contributed by atoms with Crippen molar-refractivity contribution in [3.05, 3.63) is 0 Å². The van der Waals surface area contributed by atoms with Gasteiger partial charge in [0.15, 0.2) is 0 Å². The molecule has 0 saturated carbocycles. The number of nitrogens with zero attached hydrogens (tertiary/aromatic N) is 1. The van der Waals surface area contributed by atoms with Crippen molar-refractivity contribution in [3.63, 3.8) is 0 Å². The van der Waals surface area contributed by atoms with E-state index in [2.05, 4.69) is 18.7 Å². The highest BCUT2D eigenvalue weighted by Crippen LogP contribution is 2.26. The van der Waals surface area contributed by atoms with E-state index in [0.717, 1.165) is 13.0 Å². The minimum atomic E-state index is 0.396. The fraction of sp³-hybridized carbons (Fsp3) is 1.00. The molecule has 0 amide bonds. The second-order valence-corrected chi connectivity index (χ2v) is 4.36. The Balaban J connectivity index is 2.37. The molecule has 0 atom stereocenters. The lowest BCUT2D eigenvalue weighted by Crippen LogP contribution is -2.47. The maximum Gasteiger partial charge on any atom is 0.0153 e. The molecular formula is C10H21N2. The molecule has 0 bridgehead atoms. The maximum atomic E-state index is 7.12. The Hall–Kier alpha value is -0.0800. The summed E-state index contributed by atoms with van der Waals surface area (Å²) in [6, 6.07) is 0. The fourth-order valence-corrected chi connectivity index (χ4v) is 2.01. The summed E-state index contributed by atoms with van der Waals surface area (Å²) in [5, 5.41) is 0. The van der Waals surface area contributed by atoms with Crippen LogP contribution in [0.3, 0.4) is 0 Å². The number of likely N-dealkylation sites (tertiary alicyclic amines) is 1. The Kier molecular flexibility index (Phi) is 3.53. The normalized spacial score (nSPS) is 24.2. The molecule has 1 aliphatic rings. The van der Waals surface area contributed by atoms with Crippen molar-refractivity contribution in [2.45, 2.75) is 45.1 Å². The van der Waals surface area contributed by atoms with Gasteiger partial charge in [0.05, 0.1) is 0 Å².